The van der Waals surface area contributed by atoms with Gasteiger partial charge in [0.2, 0.25) is 9.84 Å². The normalized spacial score (nSPS) is 19.7. The second-order valence-electron chi connectivity index (χ2n) is 8.20. The van der Waals surface area contributed by atoms with Crippen molar-refractivity contribution in [3.63, 3.8) is 0 Å². The van der Waals surface area contributed by atoms with Gasteiger partial charge < -0.3 is 5.11 Å². The van der Waals surface area contributed by atoms with Crippen molar-refractivity contribution < 1.29 is 30.7 Å². The van der Waals surface area contributed by atoms with E-state index in [1.807, 2.05) is 0 Å². The van der Waals surface area contributed by atoms with Crippen LogP contribution in [0.25, 0.3) is 0 Å². The highest BCUT2D eigenvalue weighted by Gasteiger charge is 2.37. The molecular weight excluding hydrogens is 398 g/mol. The van der Waals surface area contributed by atoms with Gasteiger partial charge in [-0.3, -0.25) is 0 Å². The average Bonchev–Trinajstić information content (AvgIpc) is 3.30. The molecule has 0 bridgehead atoms. The smallest absolute Gasteiger partial charge is 0.336 e. The Morgan fingerprint density at radius 1 is 0.852 bits per heavy atom. The standard InChI is InChI=1S/C8H16O.C6H12O2S.C4H8F2O2S/c1-7(2)8(9)5-3-4-6-8;1-5(2)9(7,8)6-3-4-6;1-3(2)9(7,8)4(5)6/h7,9H,3-6H2,1-2H3;5-6H,3-4H2,1-2H3;3-4H,1-2H3. The van der Waals surface area contributed by atoms with E-state index < -0.39 is 30.7 Å². The predicted octanol–water partition coefficient (Wildman–Crippen LogP) is 3.95. The van der Waals surface area contributed by atoms with Crippen LogP contribution in [0.15, 0.2) is 0 Å². The van der Waals surface area contributed by atoms with Crippen LogP contribution in [0.2, 0.25) is 0 Å². The van der Waals surface area contributed by atoms with Crippen molar-refractivity contribution in [3.05, 3.63) is 0 Å². The fourth-order valence-corrected chi connectivity index (χ4v) is 4.53. The SMILES string of the molecule is CC(C)C1(O)CCCC1.CC(C)S(=O)(=O)C(F)F.CC(C)S(=O)(=O)C1CC1. The van der Waals surface area contributed by atoms with Gasteiger partial charge in [-0.2, -0.15) is 8.78 Å². The lowest BCUT2D eigenvalue weighted by Gasteiger charge is -2.26. The van der Waals surface area contributed by atoms with Crippen LogP contribution in [0.5, 0.6) is 0 Å². The maximum Gasteiger partial charge on any atom is 0.336 e. The zero-order valence-corrected chi connectivity index (χ0v) is 18.9. The van der Waals surface area contributed by atoms with Gasteiger partial charge in [0.1, 0.15) is 0 Å². The molecule has 0 radical (unpaired) electrons. The Hall–Kier alpha value is -0.280. The molecular formula is C18H36F2O5S2. The quantitative estimate of drug-likeness (QED) is 0.708. The fourth-order valence-electron chi connectivity index (χ4n) is 2.55. The van der Waals surface area contributed by atoms with Gasteiger partial charge in [0, 0.05) is 0 Å². The van der Waals surface area contributed by atoms with Crippen LogP contribution in [-0.4, -0.2) is 49.1 Å². The third-order valence-electron chi connectivity index (χ3n) is 5.10. The summed E-state index contributed by atoms with van der Waals surface area (Å²) in [6.45, 7) is 10.1. The molecule has 1 N–H and O–H groups in total. The molecule has 2 saturated carbocycles. The number of hydrogen-bond donors (Lipinski definition) is 1. The molecule has 2 fully saturated rings. The largest absolute Gasteiger partial charge is 0.390 e. The Morgan fingerprint density at radius 3 is 1.37 bits per heavy atom. The number of aliphatic hydroxyl groups is 1. The molecule has 0 aromatic heterocycles. The zero-order chi connectivity index (χ0) is 21.6. The Morgan fingerprint density at radius 2 is 1.26 bits per heavy atom. The van der Waals surface area contributed by atoms with E-state index in [2.05, 4.69) is 13.8 Å². The van der Waals surface area contributed by atoms with Crippen molar-refractivity contribution in [2.45, 2.75) is 107 Å². The second-order valence-corrected chi connectivity index (χ2v) is 13.5. The summed E-state index contributed by atoms with van der Waals surface area (Å²) in [6, 6.07) is 0. The Labute approximate surface area is 163 Å². The van der Waals surface area contributed by atoms with E-state index in [1.165, 1.54) is 26.7 Å². The van der Waals surface area contributed by atoms with Gasteiger partial charge in [-0.1, -0.05) is 26.7 Å². The highest BCUT2D eigenvalue weighted by atomic mass is 32.2. The number of hydrogen-bond acceptors (Lipinski definition) is 5. The first kappa shape index (κ1) is 26.7. The predicted molar refractivity (Wildman–Crippen MR) is 105 cm³/mol. The third kappa shape index (κ3) is 8.31. The Balaban J connectivity index is 0.000000376. The van der Waals surface area contributed by atoms with E-state index in [-0.39, 0.29) is 16.1 Å². The maximum absolute atomic E-state index is 11.5. The molecule has 0 spiro atoms. The molecule has 2 rings (SSSR count). The summed E-state index contributed by atoms with van der Waals surface area (Å²) in [5.41, 5.74) is -0.306. The molecule has 27 heavy (non-hydrogen) atoms. The summed E-state index contributed by atoms with van der Waals surface area (Å²) in [7, 11) is -6.85. The van der Waals surface area contributed by atoms with E-state index >= 15 is 0 Å². The molecule has 0 heterocycles. The van der Waals surface area contributed by atoms with Crippen molar-refractivity contribution in [1.82, 2.24) is 0 Å². The van der Waals surface area contributed by atoms with Crippen LogP contribution in [0, 0.1) is 5.92 Å². The second kappa shape index (κ2) is 10.5. The minimum absolute atomic E-state index is 0.0116. The summed E-state index contributed by atoms with van der Waals surface area (Å²) < 4.78 is 65.7. The first-order valence-corrected chi connectivity index (χ1v) is 12.8. The molecule has 0 unspecified atom stereocenters. The van der Waals surface area contributed by atoms with Gasteiger partial charge in [0.05, 0.1) is 21.4 Å². The molecule has 2 aliphatic carbocycles. The van der Waals surface area contributed by atoms with Gasteiger partial charge in [-0.15, -0.1) is 0 Å². The van der Waals surface area contributed by atoms with Crippen LogP contribution in [0.3, 0.4) is 0 Å². The third-order valence-corrected chi connectivity index (χ3v) is 9.62. The van der Waals surface area contributed by atoms with Gasteiger partial charge >= 0.3 is 5.76 Å². The summed E-state index contributed by atoms with van der Waals surface area (Å²) in [5, 5.41) is 8.62. The molecule has 0 aliphatic heterocycles. The molecule has 2 aliphatic rings. The molecule has 0 aromatic rings. The molecule has 164 valence electrons. The van der Waals surface area contributed by atoms with Gasteiger partial charge in [-0.25, -0.2) is 16.8 Å². The summed E-state index contributed by atoms with van der Waals surface area (Å²) in [4.78, 5) is 0. The topological polar surface area (TPSA) is 88.5 Å². The molecule has 0 amide bonds. The fraction of sp³-hybridized carbons (Fsp3) is 1.00. The van der Waals surface area contributed by atoms with Crippen LogP contribution < -0.4 is 0 Å². The van der Waals surface area contributed by atoms with Crippen LogP contribution in [0.4, 0.5) is 8.78 Å². The van der Waals surface area contributed by atoms with Crippen molar-refractivity contribution in [2.24, 2.45) is 5.92 Å². The molecule has 0 saturated heterocycles. The van der Waals surface area contributed by atoms with E-state index in [0.29, 0.717) is 5.92 Å². The van der Waals surface area contributed by atoms with Crippen molar-refractivity contribution >= 4 is 19.7 Å². The van der Waals surface area contributed by atoms with Gasteiger partial charge in [-0.05, 0) is 59.3 Å². The van der Waals surface area contributed by atoms with Crippen LogP contribution in [-0.2, 0) is 19.7 Å². The van der Waals surface area contributed by atoms with E-state index in [9.17, 15) is 30.7 Å². The number of alkyl halides is 2. The minimum atomic E-state index is -4.15. The molecule has 5 nitrogen and oxygen atoms in total. The lowest BCUT2D eigenvalue weighted by Crippen LogP contribution is -2.30. The summed E-state index contributed by atoms with van der Waals surface area (Å²) in [6.07, 6.45) is 6.25. The Kier molecular flexibility index (Phi) is 10.4. The molecule has 0 atom stereocenters. The lowest BCUT2D eigenvalue weighted by molar-refractivity contribution is 0.00205. The summed E-state index contributed by atoms with van der Waals surface area (Å²) >= 11 is 0. The van der Waals surface area contributed by atoms with E-state index in [1.54, 1.807) is 13.8 Å². The molecule has 9 heteroatoms. The first-order chi connectivity index (χ1) is 12.1. The number of sulfone groups is 2. The lowest BCUT2D eigenvalue weighted by atomic mass is 9.89. The minimum Gasteiger partial charge on any atom is -0.390 e. The summed E-state index contributed by atoms with van der Waals surface area (Å²) in [5.74, 6) is -2.79. The molecule has 0 aromatic carbocycles. The average molecular weight is 435 g/mol. The monoisotopic (exact) mass is 434 g/mol. The van der Waals surface area contributed by atoms with E-state index in [4.69, 9.17) is 0 Å². The van der Waals surface area contributed by atoms with Crippen molar-refractivity contribution in [1.29, 1.82) is 0 Å². The Bertz CT molecular complexity index is 570. The van der Waals surface area contributed by atoms with Gasteiger partial charge in [0.15, 0.2) is 9.84 Å². The highest BCUT2D eigenvalue weighted by molar-refractivity contribution is 7.93. The van der Waals surface area contributed by atoms with Crippen molar-refractivity contribution in [2.75, 3.05) is 0 Å². The zero-order valence-electron chi connectivity index (χ0n) is 17.3. The maximum atomic E-state index is 11.5. The van der Waals surface area contributed by atoms with Crippen molar-refractivity contribution in [3.8, 4) is 0 Å². The number of rotatable bonds is 5. The van der Waals surface area contributed by atoms with Crippen LogP contribution in [0.1, 0.15) is 80.1 Å². The highest BCUT2D eigenvalue weighted by Crippen LogP contribution is 2.35. The number of halogens is 2. The van der Waals surface area contributed by atoms with Crippen LogP contribution >= 0.6 is 0 Å². The van der Waals surface area contributed by atoms with E-state index in [0.717, 1.165) is 25.7 Å². The first-order valence-electron chi connectivity index (χ1n) is 9.55. The van der Waals surface area contributed by atoms with Gasteiger partial charge in [0.25, 0.3) is 0 Å².